The number of hydrogen-bond donors (Lipinski definition) is 0. The molecule has 100 valence electrons. The lowest BCUT2D eigenvalue weighted by Gasteiger charge is -2.06. The topological polar surface area (TPSA) is 26.3 Å². The van der Waals surface area contributed by atoms with E-state index in [1.165, 1.54) is 0 Å². The minimum absolute atomic E-state index is 0.119. The molecule has 0 bridgehead atoms. The van der Waals surface area contributed by atoms with E-state index in [0.29, 0.717) is 28.0 Å². The zero-order valence-corrected chi connectivity index (χ0v) is 12.6. The van der Waals surface area contributed by atoms with Crippen molar-refractivity contribution in [3.05, 3.63) is 28.8 Å². The van der Waals surface area contributed by atoms with E-state index in [1.807, 2.05) is 0 Å². The summed E-state index contributed by atoms with van der Waals surface area (Å²) in [5, 5.41) is 0.482. The summed E-state index contributed by atoms with van der Waals surface area (Å²) in [4.78, 5) is 11.9. The number of carbonyl (C=O) groups excluding carboxylic acids is 1. The highest BCUT2D eigenvalue weighted by Gasteiger charge is 2.09. The van der Waals surface area contributed by atoms with Gasteiger partial charge < -0.3 is 4.74 Å². The standard InChI is InChI=1S/C14H19ClO2S/c1-10(2)6-7-18-9-13(16)11-4-5-14(17-3)12(15)8-11/h4-5,8,10H,6-7,9H2,1-3H3. The normalized spacial score (nSPS) is 10.7. The first-order valence-electron chi connectivity index (χ1n) is 5.99. The zero-order chi connectivity index (χ0) is 13.5. The van der Waals surface area contributed by atoms with Gasteiger partial charge in [0.2, 0.25) is 0 Å². The van der Waals surface area contributed by atoms with Crippen LogP contribution in [0.5, 0.6) is 5.75 Å². The Balaban J connectivity index is 2.49. The molecule has 18 heavy (non-hydrogen) atoms. The molecule has 0 aromatic heterocycles. The maximum atomic E-state index is 11.9. The highest BCUT2D eigenvalue weighted by molar-refractivity contribution is 7.99. The number of thioether (sulfide) groups is 1. The van der Waals surface area contributed by atoms with Crippen LogP contribution in [-0.2, 0) is 0 Å². The number of ether oxygens (including phenoxy) is 1. The highest BCUT2D eigenvalue weighted by Crippen LogP contribution is 2.25. The minimum atomic E-state index is 0.119. The van der Waals surface area contributed by atoms with Gasteiger partial charge in [-0.05, 0) is 36.3 Å². The van der Waals surface area contributed by atoms with Gasteiger partial charge in [-0.25, -0.2) is 0 Å². The molecule has 0 atom stereocenters. The number of carbonyl (C=O) groups is 1. The lowest BCUT2D eigenvalue weighted by atomic mass is 10.1. The Bertz CT molecular complexity index is 405. The SMILES string of the molecule is COc1ccc(C(=O)CSCCC(C)C)cc1Cl. The van der Waals surface area contributed by atoms with Crippen LogP contribution >= 0.6 is 23.4 Å². The Morgan fingerprint density at radius 3 is 2.72 bits per heavy atom. The van der Waals surface area contributed by atoms with Crippen LogP contribution in [0.2, 0.25) is 5.02 Å². The van der Waals surface area contributed by atoms with Crippen molar-refractivity contribution in [1.29, 1.82) is 0 Å². The zero-order valence-electron chi connectivity index (χ0n) is 11.0. The molecule has 1 aromatic rings. The van der Waals surface area contributed by atoms with E-state index in [2.05, 4.69) is 13.8 Å². The Hall–Kier alpha value is -0.670. The summed E-state index contributed by atoms with van der Waals surface area (Å²) in [5.74, 6) is 2.93. The second kappa shape index (κ2) is 7.70. The predicted molar refractivity (Wildman–Crippen MR) is 79.1 cm³/mol. The molecule has 0 amide bonds. The van der Waals surface area contributed by atoms with Crippen LogP contribution in [0.15, 0.2) is 18.2 Å². The number of rotatable bonds is 7. The fourth-order valence-electron chi connectivity index (χ4n) is 1.41. The van der Waals surface area contributed by atoms with E-state index in [4.69, 9.17) is 16.3 Å². The number of benzene rings is 1. The average molecular weight is 287 g/mol. The van der Waals surface area contributed by atoms with Crippen LogP contribution in [0.3, 0.4) is 0 Å². The molecule has 0 spiro atoms. The molecule has 0 heterocycles. The second-order valence-corrected chi connectivity index (χ2v) is 6.02. The summed E-state index contributed by atoms with van der Waals surface area (Å²) in [6, 6.07) is 5.16. The fourth-order valence-corrected chi connectivity index (χ4v) is 2.80. The van der Waals surface area contributed by atoms with E-state index in [0.717, 1.165) is 12.2 Å². The monoisotopic (exact) mass is 286 g/mol. The molecule has 1 rings (SSSR count). The Labute approximate surface area is 118 Å². The van der Waals surface area contributed by atoms with Gasteiger partial charge in [0.25, 0.3) is 0 Å². The minimum Gasteiger partial charge on any atom is -0.495 e. The highest BCUT2D eigenvalue weighted by atomic mass is 35.5. The summed E-state index contributed by atoms with van der Waals surface area (Å²) >= 11 is 7.67. The van der Waals surface area contributed by atoms with Crippen molar-refractivity contribution in [2.45, 2.75) is 20.3 Å². The second-order valence-electron chi connectivity index (χ2n) is 4.51. The first-order valence-corrected chi connectivity index (χ1v) is 7.52. The first-order chi connectivity index (χ1) is 8.54. The van der Waals surface area contributed by atoms with Crippen molar-refractivity contribution >= 4 is 29.1 Å². The summed E-state index contributed by atoms with van der Waals surface area (Å²) < 4.78 is 5.06. The van der Waals surface area contributed by atoms with Crippen molar-refractivity contribution in [3.63, 3.8) is 0 Å². The van der Waals surface area contributed by atoms with Crippen molar-refractivity contribution in [3.8, 4) is 5.75 Å². The number of methoxy groups -OCH3 is 1. The molecule has 0 radical (unpaired) electrons. The van der Waals surface area contributed by atoms with E-state index >= 15 is 0 Å². The number of Topliss-reactive ketones (excluding diaryl/α,β-unsaturated/α-hetero) is 1. The molecule has 0 aliphatic rings. The smallest absolute Gasteiger partial charge is 0.172 e. The molecule has 1 aromatic carbocycles. The van der Waals surface area contributed by atoms with Crippen LogP contribution in [0, 0.1) is 5.92 Å². The number of ketones is 1. The quantitative estimate of drug-likeness (QED) is 0.552. The predicted octanol–water partition coefficient (Wildman–Crippen LogP) is 4.31. The van der Waals surface area contributed by atoms with E-state index in [-0.39, 0.29) is 5.78 Å². The molecule has 0 unspecified atom stereocenters. The van der Waals surface area contributed by atoms with Gasteiger partial charge in [-0.1, -0.05) is 25.4 Å². The summed E-state index contributed by atoms with van der Waals surface area (Å²) in [7, 11) is 1.56. The van der Waals surface area contributed by atoms with Crippen LogP contribution in [0.4, 0.5) is 0 Å². The summed E-state index contributed by atoms with van der Waals surface area (Å²) in [6.07, 6.45) is 1.14. The van der Waals surface area contributed by atoms with Gasteiger partial charge in [-0.3, -0.25) is 4.79 Å². The lowest BCUT2D eigenvalue weighted by molar-refractivity contribution is 0.102. The Kier molecular flexibility index (Phi) is 6.58. The third kappa shape index (κ3) is 4.91. The van der Waals surface area contributed by atoms with Gasteiger partial charge in [0.05, 0.1) is 17.9 Å². The van der Waals surface area contributed by atoms with Crippen LogP contribution in [0.1, 0.15) is 30.6 Å². The van der Waals surface area contributed by atoms with Crippen molar-refractivity contribution in [2.75, 3.05) is 18.6 Å². The summed E-state index contributed by atoms with van der Waals surface area (Å²) in [6.45, 7) is 4.37. The third-order valence-electron chi connectivity index (χ3n) is 2.55. The van der Waals surface area contributed by atoms with Crippen LogP contribution in [-0.4, -0.2) is 24.4 Å². The average Bonchev–Trinajstić information content (AvgIpc) is 2.34. The van der Waals surface area contributed by atoms with Gasteiger partial charge in [-0.15, -0.1) is 0 Å². The maximum Gasteiger partial charge on any atom is 0.172 e. The molecule has 0 saturated carbocycles. The van der Waals surface area contributed by atoms with Crippen molar-refractivity contribution in [2.24, 2.45) is 5.92 Å². The van der Waals surface area contributed by atoms with E-state index < -0.39 is 0 Å². The third-order valence-corrected chi connectivity index (χ3v) is 3.83. The maximum absolute atomic E-state index is 11.9. The van der Waals surface area contributed by atoms with E-state index in [1.54, 1.807) is 37.1 Å². The van der Waals surface area contributed by atoms with Crippen molar-refractivity contribution in [1.82, 2.24) is 0 Å². The fraction of sp³-hybridized carbons (Fsp3) is 0.500. The van der Waals surface area contributed by atoms with Crippen LogP contribution < -0.4 is 4.74 Å². The molecule has 0 N–H and O–H groups in total. The molecule has 2 nitrogen and oxygen atoms in total. The molecular formula is C14H19ClO2S. The molecular weight excluding hydrogens is 268 g/mol. The molecule has 0 aliphatic carbocycles. The first kappa shape index (κ1) is 15.4. The molecule has 4 heteroatoms. The van der Waals surface area contributed by atoms with Gasteiger partial charge in [-0.2, -0.15) is 11.8 Å². The van der Waals surface area contributed by atoms with Crippen LogP contribution in [0.25, 0.3) is 0 Å². The van der Waals surface area contributed by atoms with Gasteiger partial charge in [0.15, 0.2) is 5.78 Å². The lowest BCUT2D eigenvalue weighted by Crippen LogP contribution is -2.04. The van der Waals surface area contributed by atoms with E-state index in [9.17, 15) is 4.79 Å². The Morgan fingerprint density at radius 2 is 2.17 bits per heavy atom. The number of hydrogen-bond acceptors (Lipinski definition) is 3. The molecule has 0 saturated heterocycles. The number of halogens is 1. The molecule has 0 aliphatic heterocycles. The Morgan fingerprint density at radius 1 is 1.44 bits per heavy atom. The largest absolute Gasteiger partial charge is 0.495 e. The van der Waals surface area contributed by atoms with Crippen molar-refractivity contribution < 1.29 is 9.53 Å². The van der Waals surface area contributed by atoms with Gasteiger partial charge in [0, 0.05) is 5.56 Å². The van der Waals surface area contributed by atoms with Gasteiger partial charge in [0.1, 0.15) is 5.75 Å². The molecule has 0 fully saturated rings. The van der Waals surface area contributed by atoms with Gasteiger partial charge >= 0.3 is 0 Å². The summed E-state index contributed by atoms with van der Waals surface area (Å²) in [5.41, 5.74) is 0.651.